The average Bonchev–Trinajstić information content (AvgIpc) is 2.46. The molecule has 20 heavy (non-hydrogen) atoms. The van der Waals surface area contributed by atoms with Gasteiger partial charge in [0, 0.05) is 6.61 Å². The predicted molar refractivity (Wildman–Crippen MR) is 67.0 cm³/mol. The molecular weight excluding hydrogens is 272 g/mol. The normalized spacial score (nSPS) is 34.4. The van der Waals surface area contributed by atoms with E-state index in [1.807, 2.05) is 6.92 Å². The van der Waals surface area contributed by atoms with E-state index in [1.165, 1.54) is 0 Å². The van der Waals surface area contributed by atoms with Gasteiger partial charge in [0.2, 0.25) is 0 Å². The maximum atomic E-state index is 9.69. The first-order chi connectivity index (χ1) is 9.61. The van der Waals surface area contributed by atoms with Crippen LogP contribution in [0.4, 0.5) is 0 Å². The van der Waals surface area contributed by atoms with E-state index < -0.39 is 37.3 Å². The summed E-state index contributed by atoms with van der Waals surface area (Å²) in [6, 6.07) is 0. The van der Waals surface area contributed by atoms with E-state index in [4.69, 9.17) is 24.1 Å². The van der Waals surface area contributed by atoms with Crippen LogP contribution in [-0.2, 0) is 18.9 Å². The first-order valence-corrected chi connectivity index (χ1v) is 6.69. The van der Waals surface area contributed by atoms with Crippen molar-refractivity contribution in [1.82, 2.24) is 0 Å². The number of aliphatic hydroxyl groups excluding tert-OH is 4. The molecule has 8 heteroatoms. The highest BCUT2D eigenvalue weighted by Crippen LogP contribution is 2.21. The Kier molecular flexibility index (Phi) is 8.50. The van der Waals surface area contributed by atoms with Gasteiger partial charge in [-0.25, -0.2) is 0 Å². The molecule has 0 aromatic heterocycles. The van der Waals surface area contributed by atoms with Gasteiger partial charge < -0.3 is 39.4 Å². The summed E-state index contributed by atoms with van der Waals surface area (Å²) in [4.78, 5) is 0. The molecule has 0 saturated carbocycles. The smallest absolute Gasteiger partial charge is 0.186 e. The van der Waals surface area contributed by atoms with Crippen LogP contribution in [0.1, 0.15) is 6.92 Å². The maximum absolute atomic E-state index is 9.69. The Morgan fingerprint density at radius 2 is 1.55 bits per heavy atom. The lowest BCUT2D eigenvalue weighted by molar-refractivity contribution is -0.302. The molecule has 1 fully saturated rings. The van der Waals surface area contributed by atoms with Crippen molar-refractivity contribution in [3.05, 3.63) is 0 Å². The van der Waals surface area contributed by atoms with Crippen LogP contribution in [0.3, 0.4) is 0 Å². The fourth-order valence-electron chi connectivity index (χ4n) is 1.79. The van der Waals surface area contributed by atoms with E-state index in [0.29, 0.717) is 19.8 Å². The summed E-state index contributed by atoms with van der Waals surface area (Å²) in [5.74, 6) is 0. The minimum absolute atomic E-state index is 0.148. The minimum atomic E-state index is -1.43. The molecule has 120 valence electrons. The molecule has 0 bridgehead atoms. The number of hydrogen-bond donors (Lipinski definition) is 4. The summed E-state index contributed by atoms with van der Waals surface area (Å²) in [5.41, 5.74) is 0. The number of hydrogen-bond acceptors (Lipinski definition) is 8. The van der Waals surface area contributed by atoms with E-state index in [-0.39, 0.29) is 13.2 Å². The van der Waals surface area contributed by atoms with Crippen molar-refractivity contribution < 1.29 is 39.4 Å². The Bertz CT molecular complexity index is 250. The molecule has 1 unspecified atom stereocenters. The average molecular weight is 296 g/mol. The highest BCUT2D eigenvalue weighted by atomic mass is 16.7. The van der Waals surface area contributed by atoms with E-state index in [1.54, 1.807) is 0 Å². The quantitative estimate of drug-likeness (QED) is 0.356. The van der Waals surface area contributed by atoms with E-state index in [0.717, 1.165) is 0 Å². The van der Waals surface area contributed by atoms with Gasteiger partial charge in [0.05, 0.1) is 33.0 Å². The first-order valence-electron chi connectivity index (χ1n) is 6.69. The van der Waals surface area contributed by atoms with E-state index >= 15 is 0 Å². The molecule has 0 radical (unpaired) electrons. The molecule has 1 rings (SSSR count). The van der Waals surface area contributed by atoms with Crippen molar-refractivity contribution in [3.8, 4) is 0 Å². The second-order valence-corrected chi connectivity index (χ2v) is 4.38. The predicted octanol–water partition coefficient (Wildman–Crippen LogP) is -2.14. The van der Waals surface area contributed by atoms with Gasteiger partial charge in [-0.05, 0) is 6.92 Å². The van der Waals surface area contributed by atoms with Crippen molar-refractivity contribution in [3.63, 3.8) is 0 Å². The minimum Gasteiger partial charge on any atom is -0.394 e. The molecule has 4 N–H and O–H groups in total. The van der Waals surface area contributed by atoms with Crippen LogP contribution < -0.4 is 0 Å². The van der Waals surface area contributed by atoms with Gasteiger partial charge in [0.1, 0.15) is 24.4 Å². The molecule has 0 aromatic rings. The SMILES string of the molecule is CCOCCOCCOC1O[C@H](CO)[C@H](O)[C@H](O)[C@H]1O. The van der Waals surface area contributed by atoms with Crippen LogP contribution in [0, 0.1) is 0 Å². The zero-order chi connectivity index (χ0) is 15.0. The topological polar surface area (TPSA) is 118 Å². The summed E-state index contributed by atoms with van der Waals surface area (Å²) in [6.45, 7) is 3.40. The second kappa shape index (κ2) is 9.59. The standard InChI is InChI=1S/C12H24O8/c1-2-17-3-4-18-5-6-19-12-11(16)10(15)9(14)8(7-13)20-12/h8-16H,2-7H2,1H3/t8-,9+,10+,11-,12?/m1/s1. The van der Waals surface area contributed by atoms with Gasteiger partial charge in [-0.3, -0.25) is 0 Å². The fraction of sp³-hybridized carbons (Fsp3) is 1.00. The van der Waals surface area contributed by atoms with Crippen molar-refractivity contribution in [2.45, 2.75) is 37.6 Å². The Morgan fingerprint density at radius 3 is 2.20 bits per heavy atom. The van der Waals surface area contributed by atoms with E-state index in [2.05, 4.69) is 0 Å². The first kappa shape index (κ1) is 17.7. The highest BCUT2D eigenvalue weighted by Gasteiger charge is 2.43. The zero-order valence-electron chi connectivity index (χ0n) is 11.6. The lowest BCUT2D eigenvalue weighted by Crippen LogP contribution is -2.59. The molecule has 1 aliphatic heterocycles. The lowest BCUT2D eigenvalue weighted by Gasteiger charge is -2.39. The molecule has 0 aliphatic carbocycles. The van der Waals surface area contributed by atoms with Gasteiger partial charge in [0.25, 0.3) is 0 Å². The molecule has 5 atom stereocenters. The number of ether oxygens (including phenoxy) is 4. The summed E-state index contributed by atoms with van der Waals surface area (Å²) >= 11 is 0. The third-order valence-corrected chi connectivity index (χ3v) is 2.93. The Balaban J connectivity index is 2.21. The van der Waals surface area contributed by atoms with Crippen LogP contribution >= 0.6 is 0 Å². The summed E-state index contributed by atoms with van der Waals surface area (Å²) in [7, 11) is 0. The van der Waals surface area contributed by atoms with Gasteiger partial charge in [0.15, 0.2) is 6.29 Å². The van der Waals surface area contributed by atoms with Crippen LogP contribution in [0.2, 0.25) is 0 Å². The molecule has 8 nitrogen and oxygen atoms in total. The van der Waals surface area contributed by atoms with Crippen molar-refractivity contribution >= 4 is 0 Å². The van der Waals surface area contributed by atoms with Gasteiger partial charge in [-0.15, -0.1) is 0 Å². The summed E-state index contributed by atoms with van der Waals surface area (Å²) in [6.07, 6.45) is -6.25. The van der Waals surface area contributed by atoms with Crippen LogP contribution in [0.15, 0.2) is 0 Å². The molecule has 0 amide bonds. The van der Waals surface area contributed by atoms with Gasteiger partial charge in [-0.1, -0.05) is 0 Å². The molecular formula is C12H24O8. The highest BCUT2D eigenvalue weighted by molar-refractivity contribution is 4.88. The van der Waals surface area contributed by atoms with Crippen LogP contribution in [0.5, 0.6) is 0 Å². The van der Waals surface area contributed by atoms with Crippen molar-refractivity contribution in [2.24, 2.45) is 0 Å². The van der Waals surface area contributed by atoms with E-state index in [9.17, 15) is 15.3 Å². The molecule has 0 spiro atoms. The Hall–Kier alpha value is -0.320. The second-order valence-electron chi connectivity index (χ2n) is 4.38. The lowest BCUT2D eigenvalue weighted by atomic mass is 9.99. The molecule has 0 aromatic carbocycles. The zero-order valence-corrected chi connectivity index (χ0v) is 11.6. The van der Waals surface area contributed by atoms with Crippen molar-refractivity contribution in [2.75, 3.05) is 39.6 Å². The fourth-order valence-corrected chi connectivity index (χ4v) is 1.79. The third kappa shape index (κ3) is 5.23. The molecule has 1 aliphatic rings. The summed E-state index contributed by atoms with van der Waals surface area (Å²) in [5, 5.41) is 37.8. The van der Waals surface area contributed by atoms with Crippen molar-refractivity contribution in [1.29, 1.82) is 0 Å². The largest absolute Gasteiger partial charge is 0.394 e. The van der Waals surface area contributed by atoms with Crippen LogP contribution in [0.25, 0.3) is 0 Å². The third-order valence-electron chi connectivity index (χ3n) is 2.93. The maximum Gasteiger partial charge on any atom is 0.186 e. The number of aliphatic hydroxyl groups is 4. The van der Waals surface area contributed by atoms with Crippen LogP contribution in [-0.4, -0.2) is 90.8 Å². The monoisotopic (exact) mass is 296 g/mol. The van der Waals surface area contributed by atoms with Gasteiger partial charge >= 0.3 is 0 Å². The molecule has 1 heterocycles. The molecule has 1 saturated heterocycles. The Morgan fingerprint density at radius 1 is 0.900 bits per heavy atom. The number of rotatable bonds is 9. The summed E-state index contributed by atoms with van der Waals surface area (Å²) < 4.78 is 20.7. The van der Waals surface area contributed by atoms with Gasteiger partial charge in [-0.2, -0.15) is 0 Å². The Labute approximate surface area is 117 Å².